The van der Waals surface area contributed by atoms with Crippen LogP contribution >= 0.6 is 15.9 Å². The first-order valence-electron chi connectivity index (χ1n) is 7.25. The molecule has 2 aliphatic carbocycles. The van der Waals surface area contributed by atoms with Gasteiger partial charge in [0.05, 0.1) is 17.4 Å². The second kappa shape index (κ2) is 6.16. The van der Waals surface area contributed by atoms with Crippen molar-refractivity contribution in [2.24, 2.45) is 23.7 Å². The summed E-state index contributed by atoms with van der Waals surface area (Å²) in [6, 6.07) is 6.82. The lowest BCUT2D eigenvalue weighted by Gasteiger charge is -2.23. The van der Waals surface area contributed by atoms with Crippen LogP contribution in [0.15, 0.2) is 40.9 Å². The molecule has 1 fully saturated rings. The summed E-state index contributed by atoms with van der Waals surface area (Å²) in [5.41, 5.74) is 5.10. The molecule has 0 aliphatic heterocycles. The lowest BCUT2D eigenvalue weighted by molar-refractivity contribution is -0.148. The number of carbonyl (C=O) groups excluding carboxylic acids is 2. The van der Waals surface area contributed by atoms with Crippen LogP contribution in [0, 0.1) is 23.7 Å². The Morgan fingerprint density at radius 1 is 1.04 bits per heavy atom. The number of hydrazine groups is 1. The number of nitrogens with one attached hydrogen (secondary N) is 2. The first-order valence-corrected chi connectivity index (χ1v) is 8.04. The summed E-state index contributed by atoms with van der Waals surface area (Å²) in [7, 11) is 0. The summed E-state index contributed by atoms with van der Waals surface area (Å²) < 4.78 is 0.609. The van der Waals surface area contributed by atoms with Crippen LogP contribution in [0.5, 0.6) is 0 Å². The van der Waals surface area contributed by atoms with Gasteiger partial charge in [-0.15, -0.1) is 0 Å². The van der Waals surface area contributed by atoms with E-state index in [-0.39, 0.29) is 11.8 Å². The van der Waals surface area contributed by atoms with E-state index in [1.54, 1.807) is 24.3 Å². The molecule has 120 valence electrons. The highest BCUT2D eigenvalue weighted by molar-refractivity contribution is 9.10. The zero-order valence-corrected chi connectivity index (χ0v) is 13.6. The monoisotopic (exact) mass is 378 g/mol. The van der Waals surface area contributed by atoms with Crippen molar-refractivity contribution in [2.45, 2.75) is 6.42 Å². The van der Waals surface area contributed by atoms with E-state index >= 15 is 0 Å². The number of benzene rings is 1. The molecule has 2 bridgehead atoms. The molecule has 2 aliphatic rings. The molecule has 0 radical (unpaired) electrons. The van der Waals surface area contributed by atoms with Gasteiger partial charge in [0.25, 0.3) is 5.91 Å². The van der Waals surface area contributed by atoms with Crippen LogP contribution in [0.2, 0.25) is 0 Å². The second-order valence-electron chi connectivity index (χ2n) is 5.76. The van der Waals surface area contributed by atoms with Crippen LogP contribution in [0.1, 0.15) is 16.8 Å². The van der Waals surface area contributed by atoms with E-state index in [0.29, 0.717) is 16.5 Å². The van der Waals surface area contributed by atoms with Gasteiger partial charge in [-0.3, -0.25) is 25.2 Å². The number of fused-ring (bicyclic) bond motifs is 2. The number of carboxylic acid groups (broad SMARTS) is 1. The Morgan fingerprint density at radius 2 is 1.70 bits per heavy atom. The number of amides is 2. The quantitative estimate of drug-likeness (QED) is 0.551. The van der Waals surface area contributed by atoms with Crippen molar-refractivity contribution in [3.05, 3.63) is 46.5 Å². The summed E-state index contributed by atoms with van der Waals surface area (Å²) >= 11 is 3.26. The van der Waals surface area contributed by atoms with Crippen molar-refractivity contribution in [3.63, 3.8) is 0 Å². The SMILES string of the molecule is O=C(NNC(=O)[C@H]1[C@H](C(=O)O)[C@@H]2C=C[C@H]1C2)c1ccccc1Br. The van der Waals surface area contributed by atoms with Crippen molar-refractivity contribution in [1.82, 2.24) is 10.9 Å². The van der Waals surface area contributed by atoms with Crippen molar-refractivity contribution >= 4 is 33.7 Å². The molecule has 0 spiro atoms. The predicted molar refractivity (Wildman–Crippen MR) is 85.1 cm³/mol. The average Bonchev–Trinajstić information content (AvgIpc) is 3.13. The zero-order valence-electron chi connectivity index (χ0n) is 12.0. The van der Waals surface area contributed by atoms with E-state index in [2.05, 4.69) is 26.8 Å². The van der Waals surface area contributed by atoms with Gasteiger partial charge >= 0.3 is 5.97 Å². The minimum Gasteiger partial charge on any atom is -0.481 e. The van der Waals surface area contributed by atoms with Crippen LogP contribution in [0.4, 0.5) is 0 Å². The summed E-state index contributed by atoms with van der Waals surface area (Å²) in [6.07, 6.45) is 4.43. The first-order chi connectivity index (χ1) is 11.0. The molecular formula is C16H15BrN2O4. The Hall–Kier alpha value is -2.15. The summed E-state index contributed by atoms with van der Waals surface area (Å²) in [5.74, 6) is -3.47. The summed E-state index contributed by atoms with van der Waals surface area (Å²) in [5, 5.41) is 9.34. The van der Waals surface area contributed by atoms with Gasteiger partial charge in [-0.05, 0) is 46.3 Å². The van der Waals surface area contributed by atoms with Crippen molar-refractivity contribution < 1.29 is 19.5 Å². The van der Waals surface area contributed by atoms with Crippen LogP contribution in [0.3, 0.4) is 0 Å². The maximum atomic E-state index is 12.3. The van der Waals surface area contributed by atoms with Crippen molar-refractivity contribution in [3.8, 4) is 0 Å². The second-order valence-corrected chi connectivity index (χ2v) is 6.62. The largest absolute Gasteiger partial charge is 0.481 e. The van der Waals surface area contributed by atoms with Gasteiger partial charge in [0.1, 0.15) is 0 Å². The third kappa shape index (κ3) is 2.88. The van der Waals surface area contributed by atoms with Gasteiger partial charge in [0.15, 0.2) is 0 Å². The molecule has 0 saturated heterocycles. The fraction of sp³-hybridized carbons (Fsp3) is 0.312. The molecule has 3 N–H and O–H groups in total. The predicted octanol–water partition coefficient (Wildman–Crippen LogP) is 1.73. The Balaban J connectivity index is 1.66. The van der Waals surface area contributed by atoms with Crippen LogP contribution in [-0.4, -0.2) is 22.9 Å². The molecule has 0 aromatic heterocycles. The highest BCUT2D eigenvalue weighted by atomic mass is 79.9. The fourth-order valence-corrected chi connectivity index (χ4v) is 3.90. The van der Waals surface area contributed by atoms with Gasteiger partial charge in [-0.25, -0.2) is 0 Å². The van der Waals surface area contributed by atoms with E-state index in [1.165, 1.54) is 0 Å². The number of allylic oxidation sites excluding steroid dienone is 2. The van der Waals surface area contributed by atoms with E-state index in [4.69, 9.17) is 0 Å². The molecule has 2 amide bonds. The van der Waals surface area contributed by atoms with Gasteiger partial charge < -0.3 is 5.11 Å². The highest BCUT2D eigenvalue weighted by Crippen LogP contribution is 2.48. The molecule has 1 saturated carbocycles. The number of halogens is 1. The van der Waals surface area contributed by atoms with E-state index in [0.717, 1.165) is 0 Å². The third-order valence-corrected chi connectivity index (χ3v) is 5.16. The zero-order chi connectivity index (χ0) is 16.6. The Labute approximate surface area is 141 Å². The van der Waals surface area contributed by atoms with Gasteiger partial charge in [-0.2, -0.15) is 0 Å². The summed E-state index contributed by atoms with van der Waals surface area (Å²) in [4.78, 5) is 35.8. The first kappa shape index (κ1) is 15.7. The van der Waals surface area contributed by atoms with Crippen molar-refractivity contribution in [1.29, 1.82) is 0 Å². The van der Waals surface area contributed by atoms with Crippen LogP contribution in [-0.2, 0) is 9.59 Å². The molecule has 6 nitrogen and oxygen atoms in total. The van der Waals surface area contributed by atoms with Gasteiger partial charge in [-0.1, -0.05) is 24.3 Å². The maximum absolute atomic E-state index is 12.3. The standard InChI is InChI=1S/C16H15BrN2O4/c17-11-4-2-1-3-10(11)14(20)18-19-15(21)12-8-5-6-9(7-8)13(12)16(22)23/h1-6,8-9,12-13H,7H2,(H,18,20)(H,19,21)(H,22,23)/t8-,9+,12+,13+/m0/s1. The molecule has 7 heteroatoms. The lowest BCUT2D eigenvalue weighted by Crippen LogP contribution is -2.48. The Bertz CT molecular complexity index is 703. The number of rotatable bonds is 3. The number of hydrogen-bond donors (Lipinski definition) is 3. The fourth-order valence-electron chi connectivity index (χ4n) is 3.43. The number of aliphatic carboxylic acids is 1. The number of carbonyl (C=O) groups is 3. The Morgan fingerprint density at radius 3 is 2.35 bits per heavy atom. The molecule has 3 rings (SSSR count). The molecule has 1 aromatic rings. The lowest BCUT2D eigenvalue weighted by atomic mass is 9.82. The molecule has 1 aromatic carbocycles. The third-order valence-electron chi connectivity index (χ3n) is 4.46. The van der Waals surface area contributed by atoms with Crippen LogP contribution < -0.4 is 10.9 Å². The number of hydrogen-bond acceptors (Lipinski definition) is 3. The molecular weight excluding hydrogens is 364 g/mol. The minimum absolute atomic E-state index is 0.0820. The van der Waals surface area contributed by atoms with Crippen molar-refractivity contribution in [2.75, 3.05) is 0 Å². The normalized spacial score (nSPS) is 27.7. The van der Waals surface area contributed by atoms with Gasteiger partial charge in [0, 0.05) is 4.47 Å². The molecule has 23 heavy (non-hydrogen) atoms. The van der Waals surface area contributed by atoms with E-state index < -0.39 is 29.6 Å². The highest BCUT2D eigenvalue weighted by Gasteiger charge is 2.51. The minimum atomic E-state index is -0.973. The molecule has 0 unspecified atom stereocenters. The topological polar surface area (TPSA) is 95.5 Å². The summed E-state index contributed by atoms with van der Waals surface area (Å²) in [6.45, 7) is 0. The average molecular weight is 379 g/mol. The van der Waals surface area contributed by atoms with E-state index in [1.807, 2.05) is 12.2 Å². The number of carboxylic acids is 1. The van der Waals surface area contributed by atoms with Crippen LogP contribution in [0.25, 0.3) is 0 Å². The molecule has 0 heterocycles. The van der Waals surface area contributed by atoms with E-state index in [9.17, 15) is 19.5 Å². The maximum Gasteiger partial charge on any atom is 0.307 e. The van der Waals surface area contributed by atoms with Gasteiger partial charge in [0.2, 0.25) is 5.91 Å². The molecule has 4 atom stereocenters. The smallest absolute Gasteiger partial charge is 0.307 e. The Kier molecular flexibility index (Phi) is 4.21.